The van der Waals surface area contributed by atoms with E-state index in [1.165, 1.54) is 25.7 Å². The minimum Gasteiger partial charge on any atom is -0.370 e. The van der Waals surface area contributed by atoms with Crippen molar-refractivity contribution in [2.45, 2.75) is 58.9 Å². The van der Waals surface area contributed by atoms with Gasteiger partial charge in [-0.3, -0.25) is 0 Å². The molecule has 3 nitrogen and oxygen atoms in total. The zero-order valence-corrected chi connectivity index (χ0v) is 12.7. The second kappa shape index (κ2) is 9.98. The lowest BCUT2D eigenvalue weighted by Gasteiger charge is -2.25. The molecule has 1 unspecified atom stereocenters. The lowest BCUT2D eigenvalue weighted by atomic mass is 9.98. The molecule has 0 spiro atoms. The van der Waals surface area contributed by atoms with Crippen LogP contribution in [0.1, 0.15) is 52.9 Å². The zero-order chi connectivity index (χ0) is 14.0. The van der Waals surface area contributed by atoms with Gasteiger partial charge in [-0.15, -0.1) is 6.58 Å². The Labute approximate surface area is 113 Å². The SMILES string of the molecule is C=CCC(C)N=C(N)N(C)CC(CCC)CCC. The number of hydrogen-bond donors (Lipinski definition) is 1. The first-order valence-electron chi connectivity index (χ1n) is 7.20. The van der Waals surface area contributed by atoms with Gasteiger partial charge in [0.2, 0.25) is 0 Å². The molecule has 3 heteroatoms. The summed E-state index contributed by atoms with van der Waals surface area (Å²) in [7, 11) is 2.04. The van der Waals surface area contributed by atoms with Crippen LogP contribution in [0, 0.1) is 5.92 Å². The molecule has 18 heavy (non-hydrogen) atoms. The molecule has 0 aromatic rings. The van der Waals surface area contributed by atoms with E-state index in [9.17, 15) is 0 Å². The summed E-state index contributed by atoms with van der Waals surface area (Å²) in [5, 5.41) is 0. The largest absolute Gasteiger partial charge is 0.370 e. The van der Waals surface area contributed by atoms with Crippen molar-refractivity contribution in [2.75, 3.05) is 13.6 Å². The average Bonchev–Trinajstić information content (AvgIpc) is 2.29. The molecule has 0 aliphatic rings. The molecule has 0 aliphatic heterocycles. The van der Waals surface area contributed by atoms with Gasteiger partial charge >= 0.3 is 0 Å². The Morgan fingerprint density at radius 3 is 2.33 bits per heavy atom. The number of nitrogens with zero attached hydrogens (tertiary/aromatic N) is 2. The maximum absolute atomic E-state index is 6.03. The van der Waals surface area contributed by atoms with Crippen molar-refractivity contribution in [1.29, 1.82) is 0 Å². The molecule has 0 fully saturated rings. The Balaban J connectivity index is 4.33. The van der Waals surface area contributed by atoms with Gasteiger partial charge in [0.05, 0.1) is 6.04 Å². The van der Waals surface area contributed by atoms with Crippen LogP contribution in [0.2, 0.25) is 0 Å². The van der Waals surface area contributed by atoms with Crippen LogP contribution in [-0.2, 0) is 0 Å². The maximum atomic E-state index is 6.03. The Morgan fingerprint density at radius 2 is 1.89 bits per heavy atom. The van der Waals surface area contributed by atoms with Crippen molar-refractivity contribution in [1.82, 2.24) is 4.90 Å². The third-order valence-corrected chi connectivity index (χ3v) is 3.18. The summed E-state index contributed by atoms with van der Waals surface area (Å²) >= 11 is 0. The first-order chi connectivity index (χ1) is 8.54. The summed E-state index contributed by atoms with van der Waals surface area (Å²) in [6.45, 7) is 11.3. The molecule has 0 aliphatic carbocycles. The Kier molecular flexibility index (Phi) is 9.43. The number of aliphatic imine (C=N–C) groups is 1. The van der Waals surface area contributed by atoms with E-state index in [0.717, 1.165) is 18.9 Å². The number of guanidine groups is 1. The second-order valence-electron chi connectivity index (χ2n) is 5.18. The predicted molar refractivity (Wildman–Crippen MR) is 81.8 cm³/mol. The summed E-state index contributed by atoms with van der Waals surface area (Å²) in [6, 6.07) is 0.223. The van der Waals surface area contributed by atoms with E-state index in [4.69, 9.17) is 5.73 Å². The third kappa shape index (κ3) is 7.36. The van der Waals surface area contributed by atoms with Gasteiger partial charge < -0.3 is 10.6 Å². The number of rotatable bonds is 9. The zero-order valence-electron chi connectivity index (χ0n) is 12.7. The fourth-order valence-electron chi connectivity index (χ4n) is 2.24. The molecule has 0 heterocycles. The molecule has 106 valence electrons. The number of nitrogens with two attached hydrogens (primary N) is 1. The highest BCUT2D eigenvalue weighted by molar-refractivity contribution is 5.77. The molecule has 0 rings (SSSR count). The minimum atomic E-state index is 0.223. The van der Waals surface area contributed by atoms with E-state index < -0.39 is 0 Å². The van der Waals surface area contributed by atoms with Gasteiger partial charge in [-0.1, -0.05) is 32.8 Å². The van der Waals surface area contributed by atoms with Crippen LogP contribution in [0.4, 0.5) is 0 Å². The molecular formula is C15H31N3. The topological polar surface area (TPSA) is 41.6 Å². The quantitative estimate of drug-likeness (QED) is 0.389. The van der Waals surface area contributed by atoms with Crippen LogP contribution >= 0.6 is 0 Å². The summed E-state index contributed by atoms with van der Waals surface area (Å²) < 4.78 is 0. The van der Waals surface area contributed by atoms with Crippen LogP contribution in [0.15, 0.2) is 17.6 Å². The molecule has 1 atom stereocenters. The van der Waals surface area contributed by atoms with Gasteiger partial charge in [-0.25, -0.2) is 4.99 Å². The minimum absolute atomic E-state index is 0.223. The molecule has 0 saturated carbocycles. The van der Waals surface area contributed by atoms with Gasteiger partial charge in [0, 0.05) is 13.6 Å². The van der Waals surface area contributed by atoms with Crippen molar-refractivity contribution < 1.29 is 0 Å². The van der Waals surface area contributed by atoms with Gasteiger partial charge in [0.25, 0.3) is 0 Å². The van der Waals surface area contributed by atoms with Crippen molar-refractivity contribution in [3.63, 3.8) is 0 Å². The van der Waals surface area contributed by atoms with E-state index in [-0.39, 0.29) is 6.04 Å². The summed E-state index contributed by atoms with van der Waals surface area (Å²) in [6.07, 6.45) is 7.78. The monoisotopic (exact) mass is 253 g/mol. The molecular weight excluding hydrogens is 222 g/mol. The Hall–Kier alpha value is -0.990. The van der Waals surface area contributed by atoms with E-state index in [2.05, 4.69) is 37.2 Å². The van der Waals surface area contributed by atoms with Crippen LogP contribution in [0.25, 0.3) is 0 Å². The average molecular weight is 253 g/mol. The normalized spacial score (nSPS) is 13.7. The molecule has 0 bridgehead atoms. The van der Waals surface area contributed by atoms with Crippen LogP contribution in [0.3, 0.4) is 0 Å². The smallest absolute Gasteiger partial charge is 0.191 e. The summed E-state index contributed by atoms with van der Waals surface area (Å²) in [4.78, 5) is 6.58. The van der Waals surface area contributed by atoms with Crippen LogP contribution in [-0.4, -0.2) is 30.5 Å². The standard InChI is InChI=1S/C15H31N3/c1-6-9-13(4)17-15(16)18(5)12-14(10-7-2)11-8-3/h6,13-14H,1,7-12H2,2-5H3,(H2,16,17). The van der Waals surface area contributed by atoms with Crippen molar-refractivity contribution in [3.8, 4) is 0 Å². The predicted octanol–water partition coefficient (Wildman–Crippen LogP) is 3.41. The van der Waals surface area contributed by atoms with Gasteiger partial charge in [-0.05, 0) is 32.1 Å². The van der Waals surface area contributed by atoms with Crippen molar-refractivity contribution >= 4 is 5.96 Å². The van der Waals surface area contributed by atoms with Gasteiger partial charge in [0.1, 0.15) is 0 Å². The third-order valence-electron chi connectivity index (χ3n) is 3.18. The summed E-state index contributed by atoms with van der Waals surface area (Å²) in [5.41, 5.74) is 6.03. The lowest BCUT2D eigenvalue weighted by molar-refractivity contribution is 0.338. The Bertz CT molecular complexity index is 242. The molecule has 0 radical (unpaired) electrons. The van der Waals surface area contributed by atoms with E-state index >= 15 is 0 Å². The molecule has 0 aromatic heterocycles. The van der Waals surface area contributed by atoms with Gasteiger partial charge in [-0.2, -0.15) is 0 Å². The molecule has 0 aromatic carbocycles. The van der Waals surface area contributed by atoms with Gasteiger partial charge in [0.15, 0.2) is 5.96 Å². The highest BCUT2D eigenvalue weighted by Crippen LogP contribution is 2.14. The van der Waals surface area contributed by atoms with Crippen molar-refractivity contribution in [2.24, 2.45) is 16.6 Å². The molecule has 0 saturated heterocycles. The van der Waals surface area contributed by atoms with Crippen LogP contribution in [0.5, 0.6) is 0 Å². The fourth-order valence-corrected chi connectivity index (χ4v) is 2.24. The number of hydrogen-bond acceptors (Lipinski definition) is 1. The van der Waals surface area contributed by atoms with E-state index in [1.807, 2.05) is 13.1 Å². The van der Waals surface area contributed by atoms with E-state index in [0.29, 0.717) is 5.96 Å². The van der Waals surface area contributed by atoms with Crippen molar-refractivity contribution in [3.05, 3.63) is 12.7 Å². The second-order valence-corrected chi connectivity index (χ2v) is 5.18. The first kappa shape index (κ1) is 17.0. The highest BCUT2D eigenvalue weighted by Gasteiger charge is 2.12. The highest BCUT2D eigenvalue weighted by atomic mass is 15.2. The first-order valence-corrected chi connectivity index (χ1v) is 7.20. The molecule has 2 N–H and O–H groups in total. The maximum Gasteiger partial charge on any atom is 0.191 e. The lowest BCUT2D eigenvalue weighted by Crippen LogP contribution is -2.38. The molecule has 0 amide bonds. The Morgan fingerprint density at radius 1 is 1.33 bits per heavy atom. The van der Waals surface area contributed by atoms with E-state index in [1.54, 1.807) is 0 Å². The van der Waals surface area contributed by atoms with Crippen LogP contribution < -0.4 is 5.73 Å². The fraction of sp³-hybridized carbons (Fsp3) is 0.800. The summed E-state index contributed by atoms with van der Waals surface area (Å²) in [5.74, 6) is 1.38.